The van der Waals surface area contributed by atoms with E-state index in [1.807, 2.05) is 43.3 Å². The lowest BCUT2D eigenvalue weighted by Crippen LogP contribution is -2.36. The van der Waals surface area contributed by atoms with Crippen molar-refractivity contribution in [2.24, 2.45) is 14.1 Å². The Morgan fingerprint density at radius 1 is 1.04 bits per heavy atom. The lowest BCUT2D eigenvalue weighted by atomic mass is 10.1. The summed E-state index contributed by atoms with van der Waals surface area (Å²) in [5.74, 6) is -0.159. The number of nitrogens with zero attached hydrogens (tertiary/aromatic N) is 3. The van der Waals surface area contributed by atoms with E-state index >= 15 is 0 Å². The van der Waals surface area contributed by atoms with Crippen LogP contribution < -0.4 is 15.9 Å². The van der Waals surface area contributed by atoms with Crippen LogP contribution in [0.15, 0.2) is 41.2 Å². The van der Waals surface area contributed by atoms with Crippen LogP contribution in [0.1, 0.15) is 15.9 Å². The smallest absolute Gasteiger partial charge is 0.328 e. The Bertz CT molecular complexity index is 1110. The Morgan fingerprint density at radius 3 is 2.36 bits per heavy atom. The summed E-state index contributed by atoms with van der Waals surface area (Å²) in [5, 5.41) is 3.07. The summed E-state index contributed by atoms with van der Waals surface area (Å²) in [4.78, 5) is 27.5. The fraction of sp³-hybridized carbons (Fsp3) is 0.333. The maximum atomic E-state index is 12.9. The highest BCUT2D eigenvalue weighted by Crippen LogP contribution is 2.32. The fourth-order valence-electron chi connectivity index (χ4n) is 3.72. The van der Waals surface area contributed by atoms with Crippen molar-refractivity contribution in [3.63, 3.8) is 0 Å². The summed E-state index contributed by atoms with van der Waals surface area (Å²) in [6.45, 7) is 4.66. The van der Waals surface area contributed by atoms with Crippen LogP contribution in [-0.4, -0.2) is 41.3 Å². The Kier molecular flexibility index (Phi) is 4.68. The number of ether oxygens (including phenoxy) is 1. The van der Waals surface area contributed by atoms with Crippen molar-refractivity contribution in [2.75, 3.05) is 36.5 Å². The molecule has 2 aromatic carbocycles. The second-order valence-corrected chi connectivity index (χ2v) is 7.13. The van der Waals surface area contributed by atoms with E-state index in [0.717, 1.165) is 35.4 Å². The average molecular weight is 380 g/mol. The third-order valence-electron chi connectivity index (χ3n) is 5.38. The number of hydrogen-bond donors (Lipinski definition) is 1. The first kappa shape index (κ1) is 18.3. The molecule has 1 N–H and O–H groups in total. The summed E-state index contributed by atoms with van der Waals surface area (Å²) >= 11 is 0. The van der Waals surface area contributed by atoms with Crippen molar-refractivity contribution in [3.05, 3.63) is 58.0 Å². The van der Waals surface area contributed by atoms with Gasteiger partial charge in [0, 0.05) is 32.7 Å². The Labute approximate surface area is 163 Å². The van der Waals surface area contributed by atoms with Gasteiger partial charge in [0.1, 0.15) is 0 Å². The van der Waals surface area contributed by atoms with Crippen molar-refractivity contribution in [1.82, 2.24) is 9.13 Å². The molecule has 1 saturated heterocycles. The summed E-state index contributed by atoms with van der Waals surface area (Å²) in [5.41, 5.74) is 4.68. The molecule has 0 saturated carbocycles. The standard InChI is InChI=1S/C21H24N4O3/c1-14-6-4-5-7-15(14)20(26)22-16-12-18-19(24(3)21(27)23(18)2)13-17(16)25-8-10-28-11-9-25/h4-7,12-13H,8-11H2,1-3H3,(H,22,26). The van der Waals surface area contributed by atoms with Crippen LogP contribution in [0.2, 0.25) is 0 Å². The van der Waals surface area contributed by atoms with Gasteiger partial charge in [-0.05, 0) is 30.7 Å². The number of anilines is 2. The molecule has 1 aromatic heterocycles. The maximum absolute atomic E-state index is 12.9. The van der Waals surface area contributed by atoms with Crippen LogP contribution in [-0.2, 0) is 18.8 Å². The van der Waals surface area contributed by atoms with E-state index in [2.05, 4.69) is 10.2 Å². The monoisotopic (exact) mass is 380 g/mol. The van der Waals surface area contributed by atoms with Crippen molar-refractivity contribution >= 4 is 28.3 Å². The van der Waals surface area contributed by atoms with E-state index in [0.29, 0.717) is 24.5 Å². The first-order valence-corrected chi connectivity index (χ1v) is 9.36. The number of carbonyl (C=O) groups is 1. The fourth-order valence-corrected chi connectivity index (χ4v) is 3.72. The number of hydrogen-bond acceptors (Lipinski definition) is 4. The molecular weight excluding hydrogens is 356 g/mol. The zero-order chi connectivity index (χ0) is 19.8. The number of amides is 1. The van der Waals surface area contributed by atoms with Gasteiger partial charge in [0.25, 0.3) is 5.91 Å². The first-order chi connectivity index (χ1) is 13.5. The van der Waals surface area contributed by atoms with Gasteiger partial charge in [0.2, 0.25) is 0 Å². The molecule has 1 aliphatic heterocycles. The molecule has 1 fully saturated rings. The predicted molar refractivity (Wildman–Crippen MR) is 110 cm³/mol. The van der Waals surface area contributed by atoms with Crippen molar-refractivity contribution in [2.45, 2.75) is 6.92 Å². The first-order valence-electron chi connectivity index (χ1n) is 9.36. The summed E-state index contributed by atoms with van der Waals surface area (Å²) in [7, 11) is 3.51. The Balaban J connectivity index is 1.82. The van der Waals surface area contributed by atoms with Crippen LogP contribution >= 0.6 is 0 Å². The van der Waals surface area contributed by atoms with Crippen LogP contribution in [0.25, 0.3) is 11.0 Å². The Hall–Kier alpha value is -3.06. The van der Waals surface area contributed by atoms with Gasteiger partial charge >= 0.3 is 5.69 Å². The molecule has 0 aliphatic carbocycles. The zero-order valence-electron chi connectivity index (χ0n) is 16.4. The zero-order valence-corrected chi connectivity index (χ0v) is 16.4. The van der Waals surface area contributed by atoms with Crippen LogP contribution in [0, 0.1) is 6.92 Å². The third kappa shape index (κ3) is 3.07. The number of imidazole rings is 1. The number of nitrogens with one attached hydrogen (secondary N) is 1. The van der Waals surface area contributed by atoms with Crippen LogP contribution in [0.5, 0.6) is 0 Å². The molecule has 0 radical (unpaired) electrons. The van der Waals surface area contributed by atoms with E-state index in [1.54, 1.807) is 23.2 Å². The normalized spacial score (nSPS) is 14.5. The van der Waals surface area contributed by atoms with Crippen molar-refractivity contribution in [1.29, 1.82) is 0 Å². The maximum Gasteiger partial charge on any atom is 0.328 e. The topological polar surface area (TPSA) is 68.5 Å². The van der Waals surface area contributed by atoms with Crippen LogP contribution in [0.3, 0.4) is 0 Å². The summed E-state index contributed by atoms with van der Waals surface area (Å²) in [6.07, 6.45) is 0. The second kappa shape index (κ2) is 7.16. The number of aromatic nitrogens is 2. The average Bonchev–Trinajstić information content (AvgIpc) is 2.92. The molecular formula is C21H24N4O3. The van der Waals surface area contributed by atoms with Crippen LogP contribution in [0.4, 0.5) is 11.4 Å². The minimum Gasteiger partial charge on any atom is -0.378 e. The molecule has 0 unspecified atom stereocenters. The molecule has 2 heterocycles. The molecule has 3 aromatic rings. The molecule has 1 amide bonds. The SMILES string of the molecule is Cc1ccccc1C(=O)Nc1cc2c(cc1N1CCOCC1)n(C)c(=O)n2C. The number of aryl methyl sites for hydroxylation is 3. The largest absolute Gasteiger partial charge is 0.378 e. The number of rotatable bonds is 3. The molecule has 28 heavy (non-hydrogen) atoms. The highest BCUT2D eigenvalue weighted by molar-refractivity contribution is 6.08. The lowest BCUT2D eigenvalue weighted by molar-refractivity contribution is 0.102. The molecule has 1 aliphatic rings. The van der Waals surface area contributed by atoms with Gasteiger partial charge in [0.15, 0.2) is 0 Å². The van der Waals surface area contributed by atoms with Gasteiger partial charge in [-0.15, -0.1) is 0 Å². The predicted octanol–water partition coefficient (Wildman–Crippen LogP) is 2.27. The highest BCUT2D eigenvalue weighted by Gasteiger charge is 2.20. The number of morpholine rings is 1. The Morgan fingerprint density at radius 2 is 1.68 bits per heavy atom. The number of carbonyl (C=O) groups excluding carboxylic acids is 1. The second-order valence-electron chi connectivity index (χ2n) is 7.13. The van der Waals surface area contributed by atoms with E-state index in [1.165, 1.54) is 0 Å². The van der Waals surface area contributed by atoms with E-state index in [-0.39, 0.29) is 11.6 Å². The minimum absolute atomic E-state index is 0.0923. The molecule has 146 valence electrons. The summed E-state index contributed by atoms with van der Waals surface area (Å²) < 4.78 is 8.70. The van der Waals surface area contributed by atoms with Crippen molar-refractivity contribution in [3.8, 4) is 0 Å². The molecule has 4 rings (SSSR count). The van der Waals surface area contributed by atoms with E-state index in [4.69, 9.17) is 4.74 Å². The molecule has 0 atom stereocenters. The quantitative estimate of drug-likeness (QED) is 0.757. The van der Waals surface area contributed by atoms with E-state index < -0.39 is 0 Å². The number of benzene rings is 2. The molecule has 7 nitrogen and oxygen atoms in total. The summed E-state index contributed by atoms with van der Waals surface area (Å²) in [6, 6.07) is 11.4. The third-order valence-corrected chi connectivity index (χ3v) is 5.38. The van der Waals surface area contributed by atoms with E-state index in [9.17, 15) is 9.59 Å². The van der Waals surface area contributed by atoms with Gasteiger partial charge in [0.05, 0.1) is 35.6 Å². The highest BCUT2D eigenvalue weighted by atomic mass is 16.5. The van der Waals surface area contributed by atoms with Gasteiger partial charge in [-0.25, -0.2) is 4.79 Å². The van der Waals surface area contributed by atoms with Gasteiger partial charge in [-0.1, -0.05) is 18.2 Å². The molecule has 0 bridgehead atoms. The molecule has 0 spiro atoms. The number of fused-ring (bicyclic) bond motifs is 1. The lowest BCUT2D eigenvalue weighted by Gasteiger charge is -2.30. The van der Waals surface area contributed by atoms with Gasteiger partial charge < -0.3 is 15.0 Å². The van der Waals surface area contributed by atoms with Gasteiger partial charge in [-0.2, -0.15) is 0 Å². The molecule has 7 heteroatoms. The van der Waals surface area contributed by atoms with Gasteiger partial charge in [-0.3, -0.25) is 13.9 Å². The van der Waals surface area contributed by atoms with Crippen molar-refractivity contribution < 1.29 is 9.53 Å². The minimum atomic E-state index is -0.159.